The van der Waals surface area contributed by atoms with Crippen LogP contribution in [-0.4, -0.2) is 20.5 Å². The molecule has 20 heavy (non-hydrogen) atoms. The molecular formula is C16H14N2O2. The van der Waals surface area contributed by atoms with Gasteiger partial charge in [0.15, 0.2) is 0 Å². The normalized spacial score (nSPS) is 10.8. The molecule has 4 heteroatoms. The molecule has 0 spiro atoms. The van der Waals surface area contributed by atoms with Gasteiger partial charge in [0, 0.05) is 18.8 Å². The van der Waals surface area contributed by atoms with Crippen molar-refractivity contribution in [1.82, 2.24) is 9.38 Å². The minimum atomic E-state index is -0.799. The number of rotatable bonds is 4. The van der Waals surface area contributed by atoms with E-state index in [1.807, 2.05) is 47.1 Å². The monoisotopic (exact) mass is 266 g/mol. The summed E-state index contributed by atoms with van der Waals surface area (Å²) in [5.41, 5.74) is 3.89. The number of hydrogen-bond acceptors (Lipinski definition) is 2. The van der Waals surface area contributed by atoms with Gasteiger partial charge in [0.1, 0.15) is 5.65 Å². The molecule has 0 fully saturated rings. The number of carboxylic acids is 1. The molecule has 0 amide bonds. The molecule has 0 radical (unpaired) electrons. The van der Waals surface area contributed by atoms with Crippen molar-refractivity contribution in [1.29, 1.82) is 0 Å². The van der Waals surface area contributed by atoms with Gasteiger partial charge in [-0.3, -0.25) is 4.79 Å². The van der Waals surface area contributed by atoms with Crippen LogP contribution >= 0.6 is 0 Å². The first kappa shape index (κ1) is 12.4. The number of imidazole rings is 1. The van der Waals surface area contributed by atoms with Crippen molar-refractivity contribution in [3.63, 3.8) is 0 Å². The Hall–Kier alpha value is -2.62. The molecule has 100 valence electrons. The first-order valence-corrected chi connectivity index (χ1v) is 6.47. The van der Waals surface area contributed by atoms with E-state index >= 15 is 0 Å². The van der Waals surface area contributed by atoms with Crippen LogP contribution in [0.1, 0.15) is 12.1 Å². The first-order chi connectivity index (χ1) is 9.72. The lowest BCUT2D eigenvalue weighted by molar-refractivity contribution is -0.136. The van der Waals surface area contributed by atoms with Crippen molar-refractivity contribution in [2.45, 2.75) is 12.8 Å². The summed E-state index contributed by atoms with van der Waals surface area (Å²) in [6.45, 7) is 0. The van der Waals surface area contributed by atoms with E-state index in [1.165, 1.54) is 0 Å². The van der Waals surface area contributed by atoms with E-state index in [-0.39, 0.29) is 6.42 Å². The predicted molar refractivity (Wildman–Crippen MR) is 76.6 cm³/mol. The van der Waals surface area contributed by atoms with E-state index in [0.717, 1.165) is 22.5 Å². The average Bonchev–Trinajstić information content (AvgIpc) is 2.88. The minimum absolute atomic E-state index is 0.107. The van der Waals surface area contributed by atoms with E-state index < -0.39 is 5.97 Å². The van der Waals surface area contributed by atoms with Crippen molar-refractivity contribution < 1.29 is 9.90 Å². The molecule has 0 aliphatic heterocycles. The molecular weight excluding hydrogens is 252 g/mol. The Morgan fingerprint density at radius 3 is 2.70 bits per heavy atom. The third kappa shape index (κ3) is 2.54. The van der Waals surface area contributed by atoms with Crippen molar-refractivity contribution in [2.75, 3.05) is 0 Å². The number of nitrogens with zero attached hydrogens (tertiary/aromatic N) is 2. The van der Waals surface area contributed by atoms with Gasteiger partial charge < -0.3 is 9.51 Å². The minimum Gasteiger partial charge on any atom is -0.481 e. The highest BCUT2D eigenvalue weighted by Gasteiger charge is 2.05. The van der Waals surface area contributed by atoms with Crippen molar-refractivity contribution >= 4 is 11.6 Å². The Bertz CT molecular complexity index is 748. The van der Waals surface area contributed by atoms with Crippen LogP contribution < -0.4 is 0 Å². The Kier molecular flexibility index (Phi) is 3.21. The molecule has 0 unspecified atom stereocenters. The second-order valence-corrected chi connectivity index (χ2v) is 4.67. The number of benzene rings is 1. The number of pyridine rings is 1. The summed E-state index contributed by atoms with van der Waals surface area (Å²) < 4.78 is 1.92. The fourth-order valence-corrected chi connectivity index (χ4v) is 2.20. The Morgan fingerprint density at radius 1 is 1.15 bits per heavy atom. The summed E-state index contributed by atoms with van der Waals surface area (Å²) in [4.78, 5) is 15.1. The van der Waals surface area contributed by atoms with E-state index in [0.29, 0.717) is 6.42 Å². The molecule has 3 aromatic rings. The topological polar surface area (TPSA) is 54.6 Å². The summed E-state index contributed by atoms with van der Waals surface area (Å²) in [7, 11) is 0. The van der Waals surface area contributed by atoms with Gasteiger partial charge in [0.25, 0.3) is 0 Å². The third-order valence-corrected chi connectivity index (χ3v) is 3.21. The number of aryl methyl sites for hydroxylation is 1. The number of carboxylic acid groups (broad SMARTS) is 1. The van der Waals surface area contributed by atoms with Crippen molar-refractivity contribution in [3.05, 3.63) is 60.6 Å². The summed E-state index contributed by atoms with van der Waals surface area (Å²) in [6, 6.07) is 14.2. The summed E-state index contributed by atoms with van der Waals surface area (Å²) >= 11 is 0. The fraction of sp³-hybridized carbons (Fsp3) is 0.125. The summed E-state index contributed by atoms with van der Waals surface area (Å²) in [5.74, 6) is -0.799. The lowest BCUT2D eigenvalue weighted by atomic mass is 10.1. The SMILES string of the molecule is O=C(O)CCc1cn2ccc(-c3ccccc3)cc2n1. The molecule has 0 aliphatic rings. The van der Waals surface area contributed by atoms with Gasteiger partial charge in [-0.05, 0) is 23.3 Å². The molecule has 0 saturated heterocycles. The average molecular weight is 266 g/mol. The zero-order valence-corrected chi connectivity index (χ0v) is 10.9. The van der Waals surface area contributed by atoms with Crippen LogP contribution in [0.2, 0.25) is 0 Å². The molecule has 0 aliphatic carbocycles. The lowest BCUT2D eigenvalue weighted by Gasteiger charge is -2.01. The highest BCUT2D eigenvalue weighted by atomic mass is 16.4. The highest BCUT2D eigenvalue weighted by Crippen LogP contribution is 2.20. The number of aliphatic carboxylic acids is 1. The van der Waals surface area contributed by atoms with Crippen LogP contribution in [0.4, 0.5) is 0 Å². The van der Waals surface area contributed by atoms with Crippen LogP contribution in [0.15, 0.2) is 54.9 Å². The highest BCUT2D eigenvalue weighted by molar-refractivity contribution is 5.68. The van der Waals surface area contributed by atoms with Crippen LogP contribution in [0.3, 0.4) is 0 Å². The Balaban J connectivity index is 1.93. The number of hydrogen-bond donors (Lipinski definition) is 1. The molecule has 1 aromatic carbocycles. The summed E-state index contributed by atoms with van der Waals surface area (Å²) in [5, 5.41) is 8.71. The van der Waals surface area contributed by atoms with E-state index in [9.17, 15) is 4.79 Å². The second-order valence-electron chi connectivity index (χ2n) is 4.67. The van der Waals surface area contributed by atoms with Crippen molar-refractivity contribution in [2.24, 2.45) is 0 Å². The van der Waals surface area contributed by atoms with Crippen LogP contribution in [-0.2, 0) is 11.2 Å². The zero-order valence-electron chi connectivity index (χ0n) is 10.9. The molecule has 0 saturated carbocycles. The van der Waals surface area contributed by atoms with Gasteiger partial charge in [0.2, 0.25) is 0 Å². The molecule has 1 N–H and O–H groups in total. The Labute approximate surface area is 116 Å². The largest absolute Gasteiger partial charge is 0.481 e. The van der Waals surface area contributed by atoms with Crippen molar-refractivity contribution in [3.8, 4) is 11.1 Å². The maximum Gasteiger partial charge on any atom is 0.303 e. The molecule has 2 heterocycles. The van der Waals surface area contributed by atoms with Crippen LogP contribution in [0.25, 0.3) is 16.8 Å². The number of fused-ring (bicyclic) bond motifs is 1. The number of carbonyl (C=O) groups is 1. The molecule has 2 aromatic heterocycles. The van der Waals surface area contributed by atoms with Gasteiger partial charge in [-0.2, -0.15) is 0 Å². The molecule has 4 nitrogen and oxygen atoms in total. The van der Waals surface area contributed by atoms with Crippen LogP contribution in [0.5, 0.6) is 0 Å². The molecule has 3 rings (SSSR count). The molecule has 0 bridgehead atoms. The quantitative estimate of drug-likeness (QED) is 0.789. The maximum atomic E-state index is 10.6. The standard InChI is InChI=1S/C16H14N2O2/c19-16(20)7-6-14-11-18-9-8-13(10-15(18)17-14)12-4-2-1-3-5-12/h1-5,8-11H,6-7H2,(H,19,20). The van der Waals surface area contributed by atoms with Gasteiger partial charge in [-0.25, -0.2) is 4.98 Å². The lowest BCUT2D eigenvalue weighted by Crippen LogP contribution is -1.97. The van der Waals surface area contributed by atoms with E-state index in [2.05, 4.69) is 17.1 Å². The van der Waals surface area contributed by atoms with E-state index in [4.69, 9.17) is 5.11 Å². The fourth-order valence-electron chi connectivity index (χ4n) is 2.20. The second kappa shape index (κ2) is 5.17. The smallest absolute Gasteiger partial charge is 0.303 e. The van der Waals surface area contributed by atoms with Gasteiger partial charge in [-0.15, -0.1) is 0 Å². The third-order valence-electron chi connectivity index (χ3n) is 3.21. The predicted octanol–water partition coefficient (Wildman–Crippen LogP) is 3.02. The van der Waals surface area contributed by atoms with Gasteiger partial charge in [0.05, 0.1) is 12.1 Å². The number of aromatic nitrogens is 2. The molecule has 0 atom stereocenters. The van der Waals surface area contributed by atoms with Gasteiger partial charge in [-0.1, -0.05) is 30.3 Å². The maximum absolute atomic E-state index is 10.6. The van der Waals surface area contributed by atoms with Gasteiger partial charge >= 0.3 is 5.97 Å². The Morgan fingerprint density at radius 2 is 1.95 bits per heavy atom. The van der Waals surface area contributed by atoms with E-state index in [1.54, 1.807) is 0 Å². The summed E-state index contributed by atoms with van der Waals surface area (Å²) in [6.07, 6.45) is 4.40. The zero-order chi connectivity index (χ0) is 13.9. The van der Waals surface area contributed by atoms with Crippen LogP contribution in [0, 0.1) is 0 Å². The first-order valence-electron chi connectivity index (χ1n) is 6.47.